The molecule has 0 bridgehead atoms. The van der Waals surface area contributed by atoms with Crippen LogP contribution in [-0.4, -0.2) is 32.3 Å². The largest absolute Gasteiger partial charge is 0.351 e. The molecule has 6 nitrogen and oxygen atoms in total. The van der Waals surface area contributed by atoms with Gasteiger partial charge in [-0.05, 0) is 30.5 Å². The molecule has 1 unspecified atom stereocenters. The van der Waals surface area contributed by atoms with Crippen molar-refractivity contribution in [3.8, 4) is 0 Å². The van der Waals surface area contributed by atoms with Gasteiger partial charge >= 0.3 is 0 Å². The van der Waals surface area contributed by atoms with Crippen LogP contribution in [0.5, 0.6) is 0 Å². The monoisotopic (exact) mass is 416 g/mol. The predicted molar refractivity (Wildman–Crippen MR) is 119 cm³/mol. The second kappa shape index (κ2) is 8.53. The van der Waals surface area contributed by atoms with Crippen LogP contribution in [0.2, 0.25) is 0 Å². The summed E-state index contributed by atoms with van der Waals surface area (Å²) in [7, 11) is 0. The normalized spacial score (nSPS) is 19.8. The minimum absolute atomic E-state index is 0.0118. The van der Waals surface area contributed by atoms with Crippen molar-refractivity contribution in [1.82, 2.24) is 19.8 Å². The number of benzene rings is 2. The first-order chi connectivity index (χ1) is 15.2. The van der Waals surface area contributed by atoms with E-state index in [9.17, 15) is 9.59 Å². The van der Waals surface area contributed by atoms with E-state index in [0.29, 0.717) is 25.3 Å². The molecule has 5 rings (SSSR count). The standard InChI is InChI=1S/C25H28N4O2/c30-22-15-16-28-21-14-8-7-13-20(21)27-24(28)23(25(31)26-19-11-5-2-6-12-19)29(22)17-18-9-3-1-4-10-18/h1,3-4,7-10,13-14,19,23H,2,5-6,11-12,15-17H2,(H,26,31). The Bertz CT molecular complexity index is 1090. The van der Waals surface area contributed by atoms with Crippen molar-refractivity contribution in [3.05, 3.63) is 66.0 Å². The van der Waals surface area contributed by atoms with Crippen LogP contribution in [-0.2, 0) is 22.7 Å². The Morgan fingerprint density at radius 2 is 1.74 bits per heavy atom. The first-order valence-electron chi connectivity index (χ1n) is 11.3. The fraction of sp³-hybridized carbons (Fsp3) is 0.400. The number of nitrogens with one attached hydrogen (secondary N) is 1. The fourth-order valence-corrected chi connectivity index (χ4v) is 4.92. The van der Waals surface area contributed by atoms with Crippen molar-refractivity contribution >= 4 is 22.8 Å². The lowest BCUT2D eigenvalue weighted by atomic mass is 9.95. The lowest BCUT2D eigenvalue weighted by Crippen LogP contribution is -2.46. The van der Waals surface area contributed by atoms with E-state index in [4.69, 9.17) is 4.98 Å². The predicted octanol–water partition coefficient (Wildman–Crippen LogP) is 3.96. The van der Waals surface area contributed by atoms with Gasteiger partial charge in [0.1, 0.15) is 5.82 Å². The highest BCUT2D eigenvalue weighted by Crippen LogP contribution is 2.31. The van der Waals surface area contributed by atoms with Crippen molar-refractivity contribution in [2.75, 3.05) is 0 Å². The third-order valence-electron chi connectivity index (χ3n) is 6.51. The molecular weight excluding hydrogens is 388 g/mol. The van der Waals surface area contributed by atoms with Gasteiger partial charge in [0.2, 0.25) is 5.91 Å². The van der Waals surface area contributed by atoms with Gasteiger partial charge in [0.05, 0.1) is 11.0 Å². The molecule has 6 heteroatoms. The number of hydrogen-bond donors (Lipinski definition) is 1. The summed E-state index contributed by atoms with van der Waals surface area (Å²) < 4.78 is 2.06. The van der Waals surface area contributed by atoms with Gasteiger partial charge < -0.3 is 14.8 Å². The highest BCUT2D eigenvalue weighted by atomic mass is 16.2. The maximum absolute atomic E-state index is 13.6. The lowest BCUT2D eigenvalue weighted by molar-refractivity contribution is -0.141. The first-order valence-corrected chi connectivity index (χ1v) is 11.3. The van der Waals surface area contributed by atoms with Gasteiger partial charge in [0.25, 0.3) is 5.91 Å². The first kappa shape index (κ1) is 19.8. The number of carbonyl (C=O) groups is 2. The van der Waals surface area contributed by atoms with Crippen LogP contribution in [0.15, 0.2) is 54.6 Å². The third-order valence-corrected chi connectivity index (χ3v) is 6.51. The molecule has 1 N–H and O–H groups in total. The summed E-state index contributed by atoms with van der Waals surface area (Å²) in [5.41, 5.74) is 2.85. The van der Waals surface area contributed by atoms with E-state index in [2.05, 4.69) is 9.88 Å². The summed E-state index contributed by atoms with van der Waals surface area (Å²) in [4.78, 5) is 33.4. The Labute approximate surface area is 182 Å². The number of amides is 2. The quantitative estimate of drug-likeness (QED) is 0.700. The number of rotatable bonds is 4. The van der Waals surface area contributed by atoms with Gasteiger partial charge in [0.15, 0.2) is 6.04 Å². The van der Waals surface area contributed by atoms with Crippen LogP contribution in [0.1, 0.15) is 56.0 Å². The average Bonchev–Trinajstić information content (AvgIpc) is 3.10. The van der Waals surface area contributed by atoms with E-state index in [-0.39, 0.29) is 17.9 Å². The number of hydrogen-bond acceptors (Lipinski definition) is 3. The zero-order valence-electron chi connectivity index (χ0n) is 17.7. The molecule has 2 aromatic carbocycles. The maximum atomic E-state index is 13.6. The molecule has 0 radical (unpaired) electrons. The minimum atomic E-state index is -0.732. The van der Waals surface area contributed by atoms with Crippen LogP contribution in [0.25, 0.3) is 11.0 Å². The topological polar surface area (TPSA) is 67.2 Å². The Kier molecular flexibility index (Phi) is 5.45. The Morgan fingerprint density at radius 3 is 2.55 bits per heavy atom. The Balaban J connectivity index is 1.56. The minimum Gasteiger partial charge on any atom is -0.351 e. The highest BCUT2D eigenvalue weighted by Gasteiger charge is 2.38. The van der Waals surface area contributed by atoms with Crippen molar-refractivity contribution in [1.29, 1.82) is 0 Å². The molecule has 2 aliphatic rings. The summed E-state index contributed by atoms with van der Waals surface area (Å²) in [6.45, 7) is 0.929. The van der Waals surface area contributed by atoms with Gasteiger partial charge in [-0.15, -0.1) is 0 Å². The van der Waals surface area contributed by atoms with E-state index in [1.807, 2.05) is 54.6 Å². The van der Waals surface area contributed by atoms with Crippen LogP contribution < -0.4 is 5.32 Å². The number of aryl methyl sites for hydroxylation is 1. The van der Waals surface area contributed by atoms with Gasteiger partial charge in [-0.3, -0.25) is 9.59 Å². The van der Waals surface area contributed by atoms with Gasteiger partial charge in [-0.1, -0.05) is 61.7 Å². The van der Waals surface area contributed by atoms with Crippen LogP contribution in [0.3, 0.4) is 0 Å². The van der Waals surface area contributed by atoms with Crippen molar-refractivity contribution in [3.63, 3.8) is 0 Å². The summed E-state index contributed by atoms with van der Waals surface area (Å²) in [6, 6.07) is 17.2. The molecule has 1 fully saturated rings. The number of imidazole rings is 1. The molecule has 1 atom stereocenters. The number of fused-ring (bicyclic) bond motifs is 3. The lowest BCUT2D eigenvalue weighted by Gasteiger charge is -2.31. The second-order valence-corrected chi connectivity index (χ2v) is 8.61. The molecule has 3 aromatic rings. The third kappa shape index (κ3) is 3.94. The van der Waals surface area contributed by atoms with Gasteiger partial charge in [-0.25, -0.2) is 4.98 Å². The van der Waals surface area contributed by atoms with E-state index in [0.717, 1.165) is 42.3 Å². The summed E-state index contributed by atoms with van der Waals surface area (Å²) in [6.07, 6.45) is 5.86. The molecular formula is C25H28N4O2. The van der Waals surface area contributed by atoms with Crippen molar-refractivity contribution in [2.45, 2.75) is 63.7 Å². The van der Waals surface area contributed by atoms with Crippen LogP contribution in [0, 0.1) is 0 Å². The fourth-order valence-electron chi connectivity index (χ4n) is 4.92. The Hall–Kier alpha value is -3.15. The SMILES string of the molecule is O=C(NC1CCCCC1)C1c2nc3ccccc3n2CCC(=O)N1Cc1ccccc1. The maximum Gasteiger partial charge on any atom is 0.250 e. The van der Waals surface area contributed by atoms with Crippen molar-refractivity contribution in [2.24, 2.45) is 0 Å². The molecule has 2 heterocycles. The molecule has 0 saturated heterocycles. The molecule has 0 spiro atoms. The van der Waals surface area contributed by atoms with E-state index >= 15 is 0 Å². The summed E-state index contributed by atoms with van der Waals surface area (Å²) >= 11 is 0. The number of para-hydroxylation sites is 2. The van der Waals surface area contributed by atoms with Crippen LogP contribution in [0.4, 0.5) is 0 Å². The second-order valence-electron chi connectivity index (χ2n) is 8.61. The summed E-state index contributed by atoms with van der Waals surface area (Å²) in [5, 5.41) is 3.25. The summed E-state index contributed by atoms with van der Waals surface area (Å²) in [5.74, 6) is 0.535. The van der Waals surface area contributed by atoms with Crippen LogP contribution >= 0.6 is 0 Å². The zero-order chi connectivity index (χ0) is 21.2. The Morgan fingerprint density at radius 1 is 1.00 bits per heavy atom. The van der Waals surface area contributed by atoms with Crippen molar-refractivity contribution < 1.29 is 9.59 Å². The molecule has 31 heavy (non-hydrogen) atoms. The van der Waals surface area contributed by atoms with Gasteiger partial charge in [0, 0.05) is 25.6 Å². The van der Waals surface area contributed by atoms with E-state index < -0.39 is 6.04 Å². The number of nitrogens with zero attached hydrogens (tertiary/aromatic N) is 3. The van der Waals surface area contributed by atoms with Gasteiger partial charge in [-0.2, -0.15) is 0 Å². The molecule has 1 aliphatic heterocycles. The molecule has 1 aliphatic carbocycles. The molecule has 2 amide bonds. The number of aromatic nitrogens is 2. The smallest absolute Gasteiger partial charge is 0.250 e. The molecule has 1 aromatic heterocycles. The average molecular weight is 417 g/mol. The zero-order valence-corrected chi connectivity index (χ0v) is 17.7. The highest BCUT2D eigenvalue weighted by molar-refractivity contribution is 5.90. The molecule has 1 saturated carbocycles. The van der Waals surface area contributed by atoms with E-state index in [1.165, 1.54) is 6.42 Å². The molecule has 160 valence electrons. The number of carbonyl (C=O) groups excluding carboxylic acids is 2. The van der Waals surface area contributed by atoms with E-state index in [1.54, 1.807) is 4.90 Å².